The van der Waals surface area contributed by atoms with E-state index in [4.69, 9.17) is 0 Å². The Hall–Kier alpha value is -3.29. The molecule has 1 saturated heterocycles. The third-order valence-corrected chi connectivity index (χ3v) is 8.28. The number of rotatable bonds is 4. The highest BCUT2D eigenvalue weighted by Crippen LogP contribution is 2.39. The normalized spacial score (nSPS) is 17.3. The van der Waals surface area contributed by atoms with E-state index in [2.05, 4.69) is 10.1 Å². The molecular weight excluding hydrogens is 461 g/mol. The van der Waals surface area contributed by atoms with Gasteiger partial charge < -0.3 is 0 Å². The molecule has 13 heteroatoms. The second-order valence-electron chi connectivity index (χ2n) is 7.21. The number of sulfonamides is 1. The van der Waals surface area contributed by atoms with Gasteiger partial charge in [0.2, 0.25) is 4.96 Å². The van der Waals surface area contributed by atoms with Crippen molar-refractivity contribution in [3.63, 3.8) is 0 Å². The number of para-hydroxylation sites is 1. The zero-order valence-electron chi connectivity index (χ0n) is 16.2. The fourth-order valence-electron chi connectivity index (χ4n) is 3.86. The van der Waals surface area contributed by atoms with E-state index in [0.717, 1.165) is 28.0 Å². The molecular formula is C19H14FN5O5S2. The number of aromatic nitrogens is 3. The van der Waals surface area contributed by atoms with Gasteiger partial charge in [0.1, 0.15) is 10.8 Å². The van der Waals surface area contributed by atoms with Crippen LogP contribution in [-0.4, -0.2) is 38.8 Å². The minimum atomic E-state index is -4.20. The molecule has 0 radical (unpaired) electrons. The fraction of sp³-hybridized carbons (Fsp3) is 0.211. The fourth-order valence-corrected chi connectivity index (χ4v) is 6.79. The number of nitro benzene ring substituents is 1. The van der Waals surface area contributed by atoms with Crippen LogP contribution in [0.15, 0.2) is 52.2 Å². The van der Waals surface area contributed by atoms with E-state index in [9.17, 15) is 27.7 Å². The van der Waals surface area contributed by atoms with E-state index in [1.54, 1.807) is 0 Å². The Labute approximate surface area is 183 Å². The second-order valence-corrected chi connectivity index (χ2v) is 10.1. The molecule has 0 N–H and O–H groups in total. The molecule has 5 rings (SSSR count). The smallest absolute Gasteiger partial charge is 0.267 e. The Morgan fingerprint density at radius 1 is 1.22 bits per heavy atom. The number of nitro groups is 1. The SMILES string of the molecule is O=c1c2cc(F)ccc2nc2sc(C3CCCN3S(=O)(=O)c3ccccc3[N+](=O)[O-])nn12. The Morgan fingerprint density at radius 2 is 2.00 bits per heavy atom. The molecule has 0 aliphatic carbocycles. The topological polar surface area (TPSA) is 128 Å². The third kappa shape index (κ3) is 3.16. The van der Waals surface area contributed by atoms with Crippen LogP contribution < -0.4 is 5.56 Å². The third-order valence-electron chi connectivity index (χ3n) is 5.31. The van der Waals surface area contributed by atoms with Crippen molar-refractivity contribution in [2.24, 2.45) is 0 Å². The summed E-state index contributed by atoms with van der Waals surface area (Å²) in [6.07, 6.45) is 0.957. The highest BCUT2D eigenvalue weighted by atomic mass is 32.2. The molecule has 2 aromatic heterocycles. The Bertz CT molecular complexity index is 1570. The summed E-state index contributed by atoms with van der Waals surface area (Å²) in [5, 5.41) is 16.1. The van der Waals surface area contributed by atoms with E-state index >= 15 is 0 Å². The summed E-state index contributed by atoms with van der Waals surface area (Å²) < 4.78 is 42.5. The summed E-state index contributed by atoms with van der Waals surface area (Å²) >= 11 is 1.06. The summed E-state index contributed by atoms with van der Waals surface area (Å²) in [6, 6.07) is 8.15. The summed E-state index contributed by atoms with van der Waals surface area (Å²) in [7, 11) is -4.20. The Morgan fingerprint density at radius 3 is 2.78 bits per heavy atom. The molecule has 1 unspecified atom stereocenters. The number of nitrogens with zero attached hydrogens (tertiary/aromatic N) is 5. The summed E-state index contributed by atoms with van der Waals surface area (Å²) in [5.41, 5.74) is -0.755. The molecule has 1 fully saturated rings. The largest absolute Gasteiger partial charge is 0.289 e. The lowest BCUT2D eigenvalue weighted by atomic mass is 10.2. The van der Waals surface area contributed by atoms with E-state index in [1.807, 2.05) is 0 Å². The Kier molecular flexibility index (Phi) is 4.76. The molecule has 0 spiro atoms. The van der Waals surface area contributed by atoms with Gasteiger partial charge in [-0.25, -0.2) is 17.8 Å². The number of fused-ring (bicyclic) bond motifs is 2. The average molecular weight is 475 g/mol. The van der Waals surface area contributed by atoms with Crippen LogP contribution in [0.2, 0.25) is 0 Å². The monoisotopic (exact) mass is 475 g/mol. The van der Waals surface area contributed by atoms with Crippen LogP contribution in [0.25, 0.3) is 15.9 Å². The summed E-state index contributed by atoms with van der Waals surface area (Å²) in [4.78, 5) is 27.6. The molecule has 10 nitrogen and oxygen atoms in total. The number of hydrogen-bond donors (Lipinski definition) is 0. The minimum Gasteiger partial charge on any atom is -0.267 e. The predicted molar refractivity (Wildman–Crippen MR) is 114 cm³/mol. The Balaban J connectivity index is 1.62. The van der Waals surface area contributed by atoms with Crippen LogP contribution in [0.3, 0.4) is 0 Å². The quantitative estimate of drug-likeness (QED) is 0.328. The first-order valence-electron chi connectivity index (χ1n) is 9.51. The molecule has 1 atom stereocenters. The van der Waals surface area contributed by atoms with Crippen molar-refractivity contribution in [2.45, 2.75) is 23.8 Å². The van der Waals surface area contributed by atoms with Gasteiger partial charge in [0.15, 0.2) is 4.90 Å². The molecule has 0 saturated carbocycles. The van der Waals surface area contributed by atoms with Gasteiger partial charge in [-0.1, -0.05) is 23.5 Å². The number of benzene rings is 2. The van der Waals surface area contributed by atoms with E-state index in [1.165, 1.54) is 34.6 Å². The van der Waals surface area contributed by atoms with Gasteiger partial charge in [-0.05, 0) is 37.1 Å². The predicted octanol–water partition coefficient (Wildman–Crippen LogP) is 2.88. The molecule has 1 aliphatic rings. The van der Waals surface area contributed by atoms with Crippen molar-refractivity contribution in [1.82, 2.24) is 18.9 Å². The van der Waals surface area contributed by atoms with E-state index in [-0.39, 0.29) is 16.9 Å². The van der Waals surface area contributed by atoms with Crippen molar-refractivity contribution < 1.29 is 17.7 Å². The van der Waals surface area contributed by atoms with Crippen LogP contribution >= 0.6 is 11.3 Å². The average Bonchev–Trinajstić information content (AvgIpc) is 3.42. The maximum absolute atomic E-state index is 13.6. The first kappa shape index (κ1) is 20.6. The molecule has 4 aromatic rings. The zero-order chi connectivity index (χ0) is 22.6. The van der Waals surface area contributed by atoms with Crippen molar-refractivity contribution in [2.75, 3.05) is 6.54 Å². The highest BCUT2D eigenvalue weighted by molar-refractivity contribution is 7.89. The van der Waals surface area contributed by atoms with Crippen molar-refractivity contribution in [1.29, 1.82) is 0 Å². The van der Waals surface area contributed by atoms with Crippen molar-refractivity contribution in [3.05, 3.63) is 73.8 Å². The van der Waals surface area contributed by atoms with Crippen LogP contribution in [0.1, 0.15) is 23.9 Å². The maximum Gasteiger partial charge on any atom is 0.289 e. The zero-order valence-corrected chi connectivity index (χ0v) is 17.8. The van der Waals surface area contributed by atoms with E-state index in [0.29, 0.717) is 23.4 Å². The van der Waals surface area contributed by atoms with Crippen molar-refractivity contribution in [3.8, 4) is 0 Å². The van der Waals surface area contributed by atoms with Gasteiger partial charge in [-0.15, -0.1) is 0 Å². The number of hydrogen-bond acceptors (Lipinski definition) is 8. The van der Waals surface area contributed by atoms with Crippen LogP contribution in [-0.2, 0) is 10.0 Å². The lowest BCUT2D eigenvalue weighted by Crippen LogP contribution is -2.31. The minimum absolute atomic E-state index is 0.0650. The van der Waals surface area contributed by atoms with Gasteiger partial charge in [0, 0.05) is 12.6 Å². The summed E-state index contributed by atoms with van der Waals surface area (Å²) in [5.74, 6) is -0.579. The van der Waals surface area contributed by atoms with Gasteiger partial charge in [0.25, 0.3) is 21.3 Å². The summed E-state index contributed by atoms with van der Waals surface area (Å²) in [6.45, 7) is 0.157. The van der Waals surface area contributed by atoms with Gasteiger partial charge in [-0.2, -0.15) is 13.9 Å². The van der Waals surface area contributed by atoms with Crippen LogP contribution in [0.5, 0.6) is 0 Å². The first-order chi connectivity index (χ1) is 15.3. The number of halogens is 1. The highest BCUT2D eigenvalue weighted by Gasteiger charge is 2.41. The second kappa shape index (κ2) is 7.39. The molecule has 0 amide bonds. The molecule has 0 bridgehead atoms. The molecule has 164 valence electrons. The molecule has 3 heterocycles. The molecule has 32 heavy (non-hydrogen) atoms. The van der Waals surface area contributed by atoms with E-state index < -0.39 is 42.9 Å². The lowest BCUT2D eigenvalue weighted by Gasteiger charge is -2.22. The van der Waals surface area contributed by atoms with Crippen LogP contribution in [0.4, 0.5) is 10.1 Å². The van der Waals surface area contributed by atoms with Gasteiger partial charge in [-0.3, -0.25) is 14.9 Å². The standard InChI is InChI=1S/C19H14FN5O5S2/c20-11-7-8-13-12(10-11)18(26)24-19(21-13)31-17(22-24)15-5-3-9-23(15)32(29,30)16-6-2-1-4-14(16)25(27)28/h1-2,4,6-8,10,15H,3,5,9H2. The van der Waals surface area contributed by atoms with Crippen molar-refractivity contribution >= 4 is 42.9 Å². The van der Waals surface area contributed by atoms with Crippen LogP contribution in [0, 0.1) is 15.9 Å². The first-order valence-corrected chi connectivity index (χ1v) is 11.8. The molecule has 2 aromatic carbocycles. The lowest BCUT2D eigenvalue weighted by molar-refractivity contribution is -0.387. The van der Waals surface area contributed by atoms with Gasteiger partial charge >= 0.3 is 0 Å². The maximum atomic E-state index is 13.6. The molecule has 1 aliphatic heterocycles. The van der Waals surface area contributed by atoms with Gasteiger partial charge in [0.05, 0.1) is 21.9 Å².